The van der Waals surface area contributed by atoms with E-state index in [-0.39, 0.29) is 17.7 Å². The number of nitrogens with zero attached hydrogens (tertiary/aromatic N) is 1. The molecule has 6 heteroatoms. The summed E-state index contributed by atoms with van der Waals surface area (Å²) >= 11 is 0. The van der Waals surface area contributed by atoms with Crippen LogP contribution in [-0.2, 0) is 4.74 Å². The highest BCUT2D eigenvalue weighted by Gasteiger charge is 2.23. The van der Waals surface area contributed by atoms with E-state index in [0.29, 0.717) is 25.4 Å². The third kappa shape index (κ3) is 3.95. The Bertz CT molecular complexity index is 510. The quantitative estimate of drug-likeness (QED) is 0.893. The van der Waals surface area contributed by atoms with Crippen molar-refractivity contribution in [2.75, 3.05) is 25.0 Å². The molecule has 1 aliphatic heterocycles. The number of carboxylic acid groups (broad SMARTS) is 1. The van der Waals surface area contributed by atoms with Crippen LogP contribution < -0.4 is 5.32 Å². The van der Waals surface area contributed by atoms with Crippen LogP contribution >= 0.6 is 0 Å². The van der Waals surface area contributed by atoms with Crippen LogP contribution in [0.25, 0.3) is 0 Å². The monoisotopic (exact) mass is 292 g/mol. The van der Waals surface area contributed by atoms with E-state index in [1.807, 2.05) is 6.92 Å². The van der Waals surface area contributed by atoms with Gasteiger partial charge in [-0.15, -0.1) is 0 Å². The molecular formula is C15H20N2O4. The number of carbonyl (C=O) groups excluding carboxylic acids is 1. The first-order valence-electron chi connectivity index (χ1n) is 7.11. The molecule has 0 aliphatic carbocycles. The summed E-state index contributed by atoms with van der Waals surface area (Å²) in [6, 6.07) is 6.13. The predicted molar refractivity (Wildman–Crippen MR) is 78.6 cm³/mol. The third-order valence-corrected chi connectivity index (χ3v) is 3.53. The Labute approximate surface area is 123 Å². The minimum Gasteiger partial charge on any atom is -0.478 e. The molecule has 2 N–H and O–H groups in total. The minimum absolute atomic E-state index is 0.0926. The summed E-state index contributed by atoms with van der Waals surface area (Å²) in [6.45, 7) is 3.88. The van der Waals surface area contributed by atoms with Crippen LogP contribution in [0, 0.1) is 0 Å². The molecule has 1 fully saturated rings. The topological polar surface area (TPSA) is 78.9 Å². The van der Waals surface area contributed by atoms with Crippen LogP contribution in [0.5, 0.6) is 0 Å². The van der Waals surface area contributed by atoms with Gasteiger partial charge >= 0.3 is 12.0 Å². The molecular weight excluding hydrogens is 272 g/mol. The number of rotatable bonds is 4. The fraction of sp³-hybridized carbons (Fsp3) is 0.467. The number of likely N-dealkylation sites (tertiary alicyclic amines) is 1. The lowest BCUT2D eigenvalue weighted by atomic mass is 10.1. The Hall–Kier alpha value is -2.08. The third-order valence-electron chi connectivity index (χ3n) is 3.53. The normalized spacial score (nSPS) is 15.8. The van der Waals surface area contributed by atoms with E-state index >= 15 is 0 Å². The van der Waals surface area contributed by atoms with Gasteiger partial charge in [-0.3, -0.25) is 0 Å². The molecule has 2 rings (SSSR count). The van der Waals surface area contributed by atoms with Crippen LogP contribution in [0.3, 0.4) is 0 Å². The summed E-state index contributed by atoms with van der Waals surface area (Å²) in [5.41, 5.74) is 0.414. The molecule has 1 saturated heterocycles. The number of piperidine rings is 1. The minimum atomic E-state index is -1.05. The van der Waals surface area contributed by atoms with Gasteiger partial charge in [0.05, 0.1) is 17.4 Å². The molecule has 2 amide bonds. The number of carbonyl (C=O) groups is 2. The fourth-order valence-electron chi connectivity index (χ4n) is 2.43. The zero-order valence-corrected chi connectivity index (χ0v) is 12.0. The SMILES string of the molecule is CCOC1CCN(C(=O)Nc2ccccc2C(=O)O)CC1. The van der Waals surface area contributed by atoms with E-state index in [9.17, 15) is 9.59 Å². The van der Waals surface area contributed by atoms with Crippen LogP contribution in [0.15, 0.2) is 24.3 Å². The maximum absolute atomic E-state index is 12.2. The van der Waals surface area contributed by atoms with Crippen LogP contribution in [0.4, 0.5) is 10.5 Å². The van der Waals surface area contributed by atoms with Gasteiger partial charge in [0, 0.05) is 19.7 Å². The van der Waals surface area contributed by atoms with Crippen molar-refractivity contribution in [1.29, 1.82) is 0 Å². The smallest absolute Gasteiger partial charge is 0.337 e. The summed E-state index contributed by atoms with van der Waals surface area (Å²) < 4.78 is 5.54. The molecule has 0 spiro atoms. The van der Waals surface area contributed by atoms with Gasteiger partial charge < -0.3 is 20.1 Å². The maximum Gasteiger partial charge on any atom is 0.337 e. The van der Waals surface area contributed by atoms with E-state index in [1.165, 1.54) is 6.07 Å². The molecule has 0 radical (unpaired) electrons. The predicted octanol–water partition coefficient (Wildman–Crippen LogP) is 2.42. The number of benzene rings is 1. The molecule has 1 aromatic carbocycles. The van der Waals surface area contributed by atoms with Crippen molar-refractivity contribution in [3.05, 3.63) is 29.8 Å². The summed E-state index contributed by atoms with van der Waals surface area (Å²) in [4.78, 5) is 25.0. The maximum atomic E-state index is 12.2. The zero-order chi connectivity index (χ0) is 15.2. The second-order valence-electron chi connectivity index (χ2n) is 4.92. The Morgan fingerprint density at radius 2 is 2.00 bits per heavy atom. The van der Waals surface area contributed by atoms with Crippen molar-refractivity contribution in [2.24, 2.45) is 0 Å². The summed E-state index contributed by atoms with van der Waals surface area (Å²) in [6.07, 6.45) is 1.83. The van der Waals surface area contributed by atoms with Crippen LogP contribution in [-0.4, -0.2) is 47.8 Å². The molecule has 1 aliphatic rings. The highest BCUT2D eigenvalue weighted by atomic mass is 16.5. The number of hydrogen-bond donors (Lipinski definition) is 2. The van der Waals surface area contributed by atoms with Crippen molar-refractivity contribution in [3.8, 4) is 0 Å². The van der Waals surface area contributed by atoms with Crippen molar-refractivity contribution in [1.82, 2.24) is 4.90 Å². The van der Waals surface area contributed by atoms with Gasteiger partial charge in [0.1, 0.15) is 0 Å². The van der Waals surface area contributed by atoms with Crippen molar-refractivity contribution in [2.45, 2.75) is 25.9 Å². The molecule has 0 saturated carbocycles. The van der Waals surface area contributed by atoms with Crippen molar-refractivity contribution < 1.29 is 19.4 Å². The molecule has 0 atom stereocenters. The summed E-state index contributed by atoms with van der Waals surface area (Å²) in [5.74, 6) is -1.05. The molecule has 21 heavy (non-hydrogen) atoms. The number of aromatic carboxylic acids is 1. The largest absolute Gasteiger partial charge is 0.478 e. The number of amides is 2. The number of para-hydroxylation sites is 1. The number of ether oxygens (including phenoxy) is 1. The van der Waals surface area contributed by atoms with Gasteiger partial charge in [0.2, 0.25) is 0 Å². The number of nitrogens with one attached hydrogen (secondary N) is 1. The molecule has 0 unspecified atom stereocenters. The van der Waals surface area contributed by atoms with Crippen molar-refractivity contribution in [3.63, 3.8) is 0 Å². The lowest BCUT2D eigenvalue weighted by Crippen LogP contribution is -2.43. The number of hydrogen-bond acceptors (Lipinski definition) is 3. The Kier molecular flexibility index (Phi) is 5.16. The molecule has 1 aromatic rings. The first-order valence-corrected chi connectivity index (χ1v) is 7.11. The first-order chi connectivity index (χ1) is 10.1. The van der Waals surface area contributed by atoms with Gasteiger partial charge in [-0.25, -0.2) is 9.59 Å². The lowest BCUT2D eigenvalue weighted by molar-refractivity contribution is 0.0232. The van der Waals surface area contributed by atoms with Crippen LogP contribution in [0.1, 0.15) is 30.1 Å². The van der Waals surface area contributed by atoms with Crippen LogP contribution in [0.2, 0.25) is 0 Å². The van der Waals surface area contributed by atoms with Gasteiger partial charge in [-0.1, -0.05) is 12.1 Å². The van der Waals surface area contributed by atoms with E-state index in [0.717, 1.165) is 12.8 Å². The molecule has 6 nitrogen and oxygen atoms in total. The number of carboxylic acids is 1. The zero-order valence-electron chi connectivity index (χ0n) is 12.0. The van der Waals surface area contributed by atoms with Gasteiger partial charge in [0.25, 0.3) is 0 Å². The molecule has 0 bridgehead atoms. The standard InChI is InChI=1S/C15H20N2O4/c1-2-21-11-7-9-17(10-8-11)15(20)16-13-6-4-3-5-12(13)14(18)19/h3-6,11H,2,7-10H2,1H3,(H,16,20)(H,18,19). The second kappa shape index (κ2) is 7.08. The average molecular weight is 292 g/mol. The highest BCUT2D eigenvalue weighted by molar-refractivity contribution is 5.99. The average Bonchev–Trinajstić information content (AvgIpc) is 2.48. The Morgan fingerprint density at radius 1 is 1.33 bits per heavy atom. The van der Waals surface area contributed by atoms with Crippen molar-refractivity contribution >= 4 is 17.7 Å². The Balaban J connectivity index is 1.95. The highest BCUT2D eigenvalue weighted by Crippen LogP contribution is 2.18. The van der Waals surface area contributed by atoms with E-state index in [2.05, 4.69) is 5.32 Å². The number of anilines is 1. The Morgan fingerprint density at radius 3 is 2.62 bits per heavy atom. The van der Waals surface area contributed by atoms with E-state index in [1.54, 1.807) is 23.1 Å². The molecule has 114 valence electrons. The molecule has 1 heterocycles. The fourth-order valence-corrected chi connectivity index (χ4v) is 2.43. The summed E-state index contributed by atoms with van der Waals surface area (Å²) in [5, 5.41) is 11.8. The van der Waals surface area contributed by atoms with E-state index < -0.39 is 5.97 Å². The molecule has 0 aromatic heterocycles. The van der Waals surface area contributed by atoms with E-state index in [4.69, 9.17) is 9.84 Å². The van der Waals surface area contributed by atoms with Gasteiger partial charge in [0.15, 0.2) is 0 Å². The second-order valence-corrected chi connectivity index (χ2v) is 4.92. The lowest BCUT2D eigenvalue weighted by Gasteiger charge is -2.31. The number of urea groups is 1. The van der Waals surface area contributed by atoms with Gasteiger partial charge in [-0.05, 0) is 31.9 Å². The first kappa shape index (κ1) is 15.3. The summed E-state index contributed by atoms with van der Waals surface area (Å²) in [7, 11) is 0. The van der Waals surface area contributed by atoms with Gasteiger partial charge in [-0.2, -0.15) is 0 Å².